The van der Waals surface area contributed by atoms with Crippen LogP contribution in [0.25, 0.3) is 0 Å². The second-order valence-electron chi connectivity index (χ2n) is 6.12. The maximum atomic E-state index is 12.8. The van der Waals surface area contributed by atoms with Gasteiger partial charge < -0.3 is 14.5 Å². The number of halogens is 1. The van der Waals surface area contributed by atoms with Gasteiger partial charge in [0.1, 0.15) is 5.75 Å². The Morgan fingerprint density at radius 1 is 1.08 bits per heavy atom. The molecule has 1 aliphatic rings. The van der Waals surface area contributed by atoms with Gasteiger partial charge in [0.15, 0.2) is 6.10 Å². The Labute approximate surface area is 154 Å². The third-order valence-corrected chi connectivity index (χ3v) is 4.67. The second-order valence-corrected chi connectivity index (χ2v) is 6.56. The summed E-state index contributed by atoms with van der Waals surface area (Å²) < 4.78 is 5.88. The molecule has 0 radical (unpaired) electrons. The predicted molar refractivity (Wildman–Crippen MR) is 101 cm³/mol. The molecular formula is C20H23ClN2O2. The molecule has 0 spiro atoms. The van der Waals surface area contributed by atoms with Crippen molar-refractivity contribution in [2.24, 2.45) is 0 Å². The second kappa shape index (κ2) is 8.26. The monoisotopic (exact) mass is 358 g/mol. The van der Waals surface area contributed by atoms with Crippen molar-refractivity contribution in [2.45, 2.75) is 19.4 Å². The standard InChI is InChI=1S/C20H23ClN2O2/c1-2-19(25-18-10-6-7-16(21)15-18)20(24)23-13-11-22(12-14-23)17-8-4-3-5-9-17/h3-10,15,19H,2,11-14H2,1H3/t19-/m0/s1. The number of benzene rings is 2. The van der Waals surface area contributed by atoms with Crippen LogP contribution in [0.3, 0.4) is 0 Å². The average molecular weight is 359 g/mol. The van der Waals surface area contributed by atoms with Crippen LogP contribution in [0.4, 0.5) is 5.69 Å². The Hall–Kier alpha value is -2.20. The molecule has 1 saturated heterocycles. The lowest BCUT2D eigenvalue weighted by molar-refractivity contribution is -0.139. The Balaban J connectivity index is 1.59. The van der Waals surface area contributed by atoms with Crippen molar-refractivity contribution < 1.29 is 9.53 Å². The van der Waals surface area contributed by atoms with Gasteiger partial charge in [0.05, 0.1) is 0 Å². The van der Waals surface area contributed by atoms with Crippen molar-refractivity contribution in [3.05, 3.63) is 59.6 Å². The van der Waals surface area contributed by atoms with Gasteiger partial charge in [-0.15, -0.1) is 0 Å². The van der Waals surface area contributed by atoms with Crippen molar-refractivity contribution >= 4 is 23.2 Å². The number of carbonyl (C=O) groups is 1. The summed E-state index contributed by atoms with van der Waals surface area (Å²) in [6, 6.07) is 17.5. The number of nitrogens with zero attached hydrogens (tertiary/aromatic N) is 2. The van der Waals surface area contributed by atoms with Gasteiger partial charge in [0, 0.05) is 36.9 Å². The van der Waals surface area contributed by atoms with Crippen molar-refractivity contribution in [1.82, 2.24) is 4.90 Å². The Morgan fingerprint density at radius 2 is 1.80 bits per heavy atom. The van der Waals surface area contributed by atoms with Gasteiger partial charge in [-0.1, -0.05) is 42.8 Å². The van der Waals surface area contributed by atoms with Crippen LogP contribution < -0.4 is 9.64 Å². The van der Waals surface area contributed by atoms with Gasteiger partial charge in [-0.2, -0.15) is 0 Å². The minimum atomic E-state index is -0.471. The average Bonchev–Trinajstić information content (AvgIpc) is 2.66. The zero-order valence-electron chi connectivity index (χ0n) is 14.4. The summed E-state index contributed by atoms with van der Waals surface area (Å²) in [6.45, 7) is 5.06. The first-order valence-electron chi connectivity index (χ1n) is 8.68. The highest BCUT2D eigenvalue weighted by Gasteiger charge is 2.28. The van der Waals surface area contributed by atoms with E-state index in [1.54, 1.807) is 12.1 Å². The van der Waals surface area contributed by atoms with E-state index in [1.165, 1.54) is 5.69 Å². The van der Waals surface area contributed by atoms with E-state index in [9.17, 15) is 4.79 Å². The number of hydrogen-bond donors (Lipinski definition) is 0. The van der Waals surface area contributed by atoms with Gasteiger partial charge in [-0.05, 0) is 36.8 Å². The van der Waals surface area contributed by atoms with Crippen molar-refractivity contribution in [3.63, 3.8) is 0 Å². The van der Waals surface area contributed by atoms with E-state index in [1.807, 2.05) is 42.2 Å². The molecule has 2 aromatic carbocycles. The lowest BCUT2D eigenvalue weighted by Gasteiger charge is -2.37. The van der Waals surface area contributed by atoms with E-state index >= 15 is 0 Å². The van der Waals surface area contributed by atoms with Gasteiger partial charge >= 0.3 is 0 Å². The zero-order chi connectivity index (χ0) is 17.6. The van der Waals surface area contributed by atoms with Gasteiger partial charge in [-0.25, -0.2) is 0 Å². The normalized spacial score (nSPS) is 15.8. The number of hydrogen-bond acceptors (Lipinski definition) is 3. The van der Waals surface area contributed by atoms with Crippen molar-refractivity contribution in [3.8, 4) is 5.75 Å². The van der Waals surface area contributed by atoms with Crippen LogP contribution in [0.1, 0.15) is 13.3 Å². The van der Waals surface area contributed by atoms with Crippen molar-refractivity contribution in [1.29, 1.82) is 0 Å². The molecule has 1 fully saturated rings. The van der Waals surface area contributed by atoms with Crippen LogP contribution in [0.15, 0.2) is 54.6 Å². The van der Waals surface area contributed by atoms with E-state index in [4.69, 9.17) is 16.3 Å². The molecule has 0 bridgehead atoms. The lowest BCUT2D eigenvalue weighted by Crippen LogP contribution is -2.52. The summed E-state index contributed by atoms with van der Waals surface area (Å²) in [4.78, 5) is 17.0. The molecule has 0 unspecified atom stereocenters. The maximum Gasteiger partial charge on any atom is 0.263 e. The third kappa shape index (κ3) is 4.45. The summed E-state index contributed by atoms with van der Waals surface area (Å²) in [6.07, 6.45) is 0.159. The summed E-state index contributed by atoms with van der Waals surface area (Å²) in [7, 11) is 0. The number of amides is 1. The fourth-order valence-electron chi connectivity index (χ4n) is 3.04. The first-order chi connectivity index (χ1) is 12.2. The molecule has 1 aliphatic heterocycles. The Kier molecular flexibility index (Phi) is 5.82. The van der Waals surface area contributed by atoms with Gasteiger partial charge in [-0.3, -0.25) is 4.79 Å². The van der Waals surface area contributed by atoms with Crippen molar-refractivity contribution in [2.75, 3.05) is 31.1 Å². The van der Waals surface area contributed by atoms with Crippen LogP contribution in [0.2, 0.25) is 5.02 Å². The van der Waals surface area contributed by atoms with Crippen LogP contribution in [0, 0.1) is 0 Å². The number of ether oxygens (including phenoxy) is 1. The number of carbonyl (C=O) groups excluding carboxylic acids is 1. The minimum absolute atomic E-state index is 0.0511. The molecule has 1 heterocycles. The number of anilines is 1. The molecule has 132 valence electrons. The van der Waals surface area contributed by atoms with Crippen LogP contribution in [-0.2, 0) is 4.79 Å². The Morgan fingerprint density at radius 3 is 2.44 bits per heavy atom. The first-order valence-corrected chi connectivity index (χ1v) is 9.06. The molecular weight excluding hydrogens is 336 g/mol. The molecule has 25 heavy (non-hydrogen) atoms. The van der Waals surface area contributed by atoms with E-state index < -0.39 is 6.10 Å². The molecule has 0 aliphatic carbocycles. The quantitative estimate of drug-likeness (QED) is 0.814. The first kappa shape index (κ1) is 17.6. The molecule has 0 saturated carbocycles. The topological polar surface area (TPSA) is 32.8 Å². The zero-order valence-corrected chi connectivity index (χ0v) is 15.2. The molecule has 0 N–H and O–H groups in total. The van der Waals surface area contributed by atoms with E-state index in [0.717, 1.165) is 13.1 Å². The summed E-state index contributed by atoms with van der Waals surface area (Å²) in [5, 5.41) is 0.608. The highest BCUT2D eigenvalue weighted by Crippen LogP contribution is 2.21. The Bertz CT molecular complexity index is 700. The van der Waals surface area contributed by atoms with E-state index in [0.29, 0.717) is 30.3 Å². The summed E-state index contributed by atoms with van der Waals surface area (Å²) >= 11 is 5.99. The minimum Gasteiger partial charge on any atom is -0.481 e. The summed E-state index contributed by atoms with van der Waals surface area (Å²) in [5.74, 6) is 0.686. The SMILES string of the molecule is CC[C@H](Oc1cccc(Cl)c1)C(=O)N1CCN(c2ccccc2)CC1. The molecule has 4 nitrogen and oxygen atoms in total. The molecule has 5 heteroatoms. The largest absolute Gasteiger partial charge is 0.481 e. The predicted octanol–water partition coefficient (Wildman–Crippen LogP) is 3.85. The fourth-order valence-corrected chi connectivity index (χ4v) is 3.22. The maximum absolute atomic E-state index is 12.8. The lowest BCUT2D eigenvalue weighted by atomic mass is 10.2. The highest BCUT2D eigenvalue weighted by molar-refractivity contribution is 6.30. The van der Waals surface area contributed by atoms with Gasteiger partial charge in [0.2, 0.25) is 0 Å². The van der Waals surface area contributed by atoms with E-state index in [-0.39, 0.29) is 5.91 Å². The molecule has 1 amide bonds. The van der Waals surface area contributed by atoms with E-state index in [2.05, 4.69) is 17.0 Å². The molecule has 1 atom stereocenters. The number of piperazine rings is 1. The highest BCUT2D eigenvalue weighted by atomic mass is 35.5. The van der Waals surface area contributed by atoms with Crippen LogP contribution in [-0.4, -0.2) is 43.1 Å². The number of para-hydroxylation sites is 1. The third-order valence-electron chi connectivity index (χ3n) is 4.43. The molecule has 0 aromatic heterocycles. The summed E-state index contributed by atoms with van der Waals surface area (Å²) in [5.41, 5.74) is 1.21. The van der Waals surface area contributed by atoms with Gasteiger partial charge in [0.25, 0.3) is 5.91 Å². The van der Waals surface area contributed by atoms with Crippen LogP contribution >= 0.6 is 11.6 Å². The fraction of sp³-hybridized carbons (Fsp3) is 0.350. The number of rotatable bonds is 5. The smallest absolute Gasteiger partial charge is 0.263 e. The molecule has 3 rings (SSSR count). The van der Waals surface area contributed by atoms with Crippen LogP contribution in [0.5, 0.6) is 5.75 Å². The molecule has 2 aromatic rings.